The first kappa shape index (κ1) is 49.1. The number of aliphatic hydroxyl groups excluding tert-OH is 1. The van der Waals surface area contributed by atoms with Gasteiger partial charge in [0.1, 0.15) is 40.9 Å². The van der Waals surface area contributed by atoms with Crippen molar-refractivity contribution in [3.63, 3.8) is 0 Å². The minimum Gasteiger partial charge on any atom is -0.494 e. The molecule has 71 heavy (non-hydrogen) atoms. The predicted octanol–water partition coefficient (Wildman–Crippen LogP) is 7.54. The Morgan fingerprint density at radius 2 is 1.77 bits per heavy atom. The molecule has 370 valence electrons. The van der Waals surface area contributed by atoms with Crippen LogP contribution in [0.3, 0.4) is 0 Å². The molecule has 0 unspecified atom stereocenters. The van der Waals surface area contributed by atoms with Gasteiger partial charge in [0.25, 0.3) is 0 Å². The normalized spacial score (nSPS) is 18.0. The number of H-pyrrole nitrogens is 1. The number of hydrogen-bond acceptors (Lipinski definition) is 13. The molecule has 5 atom stereocenters. The third kappa shape index (κ3) is 10.3. The topological polar surface area (TPSA) is 204 Å². The fraction of sp³-hybridized carbons (Fsp3) is 0.320. The third-order valence-electron chi connectivity index (χ3n) is 12.8. The number of pyridine rings is 1. The molecule has 0 saturated carbocycles. The highest BCUT2D eigenvalue weighted by Gasteiger charge is 2.43. The Bertz CT molecular complexity index is 3170. The first-order chi connectivity index (χ1) is 34.1. The fourth-order valence-electron chi connectivity index (χ4n) is 9.16. The van der Waals surface area contributed by atoms with Crippen LogP contribution in [0, 0.1) is 25.5 Å². The smallest absolute Gasteiger partial charge is 0.243 e. The second-order valence-corrected chi connectivity index (χ2v) is 19.4. The van der Waals surface area contributed by atoms with E-state index < -0.39 is 63.8 Å². The minimum atomic E-state index is -3.51. The standard InChI is InChI=1S/C50H49F3N8O8S2/c1-27-19-43(69-58-27)37(50(65)60-25-35(62)21-42(60)49(64)57-28(2)30-6-8-32(9-7-30)47-29(3)56-26-70-47)5-4-18-68-36-12-10-31(11-13-36)33-20-38-39(23-55-48(38)54-22-33)46(63)44-40(52)14-15-41(45(44)53)61(71(66)67)59-17-16-34(51)24-59/h6-15,19-20,22-23,26,28,34-35,37,42,62,71H,4-5,16-18,21,24-25H2,1-3H3,(H,54,55)(H,57,64)/t28-,34+,35+,37-,42-/m0/s1. The zero-order chi connectivity index (χ0) is 50.1. The monoisotopic (exact) mass is 1010 g/mol. The lowest BCUT2D eigenvalue weighted by Crippen LogP contribution is -2.48. The average Bonchev–Trinajstić information content (AvgIpc) is 4.22. The predicted molar refractivity (Wildman–Crippen MR) is 259 cm³/mol. The summed E-state index contributed by atoms with van der Waals surface area (Å²) in [5, 5.41) is 19.1. The maximum absolute atomic E-state index is 16.1. The molecule has 16 nitrogen and oxygen atoms in total. The van der Waals surface area contributed by atoms with E-state index in [2.05, 4.69) is 25.4 Å². The van der Waals surface area contributed by atoms with Gasteiger partial charge in [-0.1, -0.05) is 41.6 Å². The Hall–Kier alpha value is -6.94. The number of carbonyl (C=O) groups is 3. The van der Waals surface area contributed by atoms with E-state index in [0.717, 1.165) is 38.8 Å². The Kier molecular flexibility index (Phi) is 14.4. The van der Waals surface area contributed by atoms with Crippen molar-refractivity contribution in [2.24, 2.45) is 0 Å². The molecule has 9 rings (SSSR count). The van der Waals surface area contributed by atoms with Crippen LogP contribution in [0.2, 0.25) is 0 Å². The van der Waals surface area contributed by atoms with Gasteiger partial charge in [0, 0.05) is 54.5 Å². The first-order valence-corrected chi connectivity index (χ1v) is 24.9. The number of aromatic amines is 1. The molecule has 0 radical (unpaired) electrons. The summed E-state index contributed by atoms with van der Waals surface area (Å²) in [5.41, 5.74) is 5.03. The van der Waals surface area contributed by atoms with Crippen molar-refractivity contribution in [2.75, 3.05) is 30.7 Å². The lowest BCUT2D eigenvalue weighted by atomic mass is 9.97. The number of aryl methyl sites for hydroxylation is 2. The Morgan fingerprint density at radius 3 is 2.45 bits per heavy atom. The average molecular weight is 1010 g/mol. The quantitative estimate of drug-likeness (QED) is 0.0397. The number of anilines is 1. The molecule has 0 bridgehead atoms. The highest BCUT2D eigenvalue weighted by atomic mass is 32.2. The number of thiazole rings is 1. The van der Waals surface area contributed by atoms with E-state index in [-0.39, 0.29) is 80.0 Å². The molecule has 2 aliphatic heterocycles. The number of thiol groups is 1. The molecule has 21 heteroatoms. The number of rotatable bonds is 17. The van der Waals surface area contributed by atoms with Crippen LogP contribution < -0.4 is 14.5 Å². The van der Waals surface area contributed by atoms with Crippen LogP contribution in [0.25, 0.3) is 32.6 Å². The summed E-state index contributed by atoms with van der Waals surface area (Å²) in [6.45, 7) is 5.41. The number of ketones is 1. The number of β-amino-alcohol motifs (C(OH)–C–C–N with tert-alkyl or cyclic N) is 1. The van der Waals surface area contributed by atoms with E-state index in [4.69, 9.17) is 9.26 Å². The number of halogens is 3. The van der Waals surface area contributed by atoms with Gasteiger partial charge < -0.3 is 29.6 Å². The number of ether oxygens (including phenoxy) is 1. The molecular weight excluding hydrogens is 962 g/mol. The lowest BCUT2D eigenvalue weighted by Gasteiger charge is -2.28. The number of benzene rings is 3. The van der Waals surface area contributed by atoms with Gasteiger partial charge in [-0.25, -0.2) is 36.6 Å². The van der Waals surface area contributed by atoms with Gasteiger partial charge in [-0.2, -0.15) is 4.41 Å². The van der Waals surface area contributed by atoms with Gasteiger partial charge in [0.05, 0.1) is 58.6 Å². The Morgan fingerprint density at radius 1 is 1.01 bits per heavy atom. The van der Waals surface area contributed by atoms with E-state index in [0.29, 0.717) is 39.2 Å². The number of hydrazine groups is 1. The summed E-state index contributed by atoms with van der Waals surface area (Å²) in [4.78, 5) is 56.1. The number of amides is 2. The molecule has 6 heterocycles. The van der Waals surface area contributed by atoms with Crippen molar-refractivity contribution in [3.05, 3.63) is 136 Å². The molecule has 2 amide bonds. The van der Waals surface area contributed by atoms with Crippen molar-refractivity contribution in [3.8, 4) is 27.3 Å². The van der Waals surface area contributed by atoms with Crippen LogP contribution in [0.4, 0.5) is 18.9 Å². The molecule has 2 aliphatic rings. The molecule has 0 aliphatic carbocycles. The van der Waals surface area contributed by atoms with Gasteiger partial charge in [0.2, 0.25) is 28.5 Å². The van der Waals surface area contributed by atoms with Crippen molar-refractivity contribution in [1.29, 1.82) is 0 Å². The van der Waals surface area contributed by atoms with E-state index in [1.54, 1.807) is 66.4 Å². The summed E-state index contributed by atoms with van der Waals surface area (Å²) >= 11 is 1.56. The van der Waals surface area contributed by atoms with Gasteiger partial charge in [-0.3, -0.25) is 14.4 Å². The van der Waals surface area contributed by atoms with E-state index in [9.17, 15) is 32.3 Å². The highest BCUT2D eigenvalue weighted by Crippen LogP contribution is 2.35. The number of fused-ring (bicyclic) bond motifs is 1. The first-order valence-electron chi connectivity index (χ1n) is 22.9. The number of alkyl halides is 1. The van der Waals surface area contributed by atoms with Gasteiger partial charge in [-0.05, 0) is 87.1 Å². The minimum absolute atomic E-state index is 0.0222. The van der Waals surface area contributed by atoms with Crippen LogP contribution in [-0.4, -0.2) is 106 Å². The van der Waals surface area contributed by atoms with Crippen LogP contribution in [0.1, 0.15) is 83.2 Å². The number of likely N-dealkylation sites (tertiary alicyclic amines) is 1. The third-order valence-corrected chi connectivity index (χ3v) is 14.6. The van der Waals surface area contributed by atoms with Crippen LogP contribution in [0.15, 0.2) is 95.2 Å². The summed E-state index contributed by atoms with van der Waals surface area (Å²) in [6, 6.07) is 18.6. The van der Waals surface area contributed by atoms with Crippen LogP contribution >= 0.6 is 11.3 Å². The summed E-state index contributed by atoms with van der Waals surface area (Å²) in [7, 11) is -3.51. The van der Waals surface area contributed by atoms with E-state index in [1.165, 1.54) is 11.1 Å². The maximum atomic E-state index is 16.1. The SMILES string of the molecule is Cc1cc([C@H](CCCOc2ccc(-c3cnc4[nH]cc(C(=O)c5c(F)ccc(N(N6CC[C@@H](F)C6)[SH](=O)=O)c5F)c4c3)cc2)C(=O)N2C[C@H](O)C[C@H]2C(=O)N[C@@H](C)c2ccc(-c3scnc3C)cc2)on1. The fourth-order valence-corrected chi connectivity index (χ4v) is 10.7. The number of nitrogens with zero attached hydrogens (tertiary/aromatic N) is 6. The Labute approximate surface area is 411 Å². The van der Waals surface area contributed by atoms with Crippen LogP contribution in [-0.2, 0) is 20.5 Å². The van der Waals surface area contributed by atoms with Crippen molar-refractivity contribution >= 4 is 56.5 Å². The Balaban J connectivity index is 0.843. The highest BCUT2D eigenvalue weighted by molar-refractivity contribution is 7.73. The van der Waals surface area contributed by atoms with Crippen molar-refractivity contribution < 1.29 is 50.3 Å². The molecule has 0 spiro atoms. The number of carbonyl (C=O) groups excluding carboxylic acids is 3. The second kappa shape index (κ2) is 20.8. The molecule has 3 N–H and O–H groups in total. The largest absolute Gasteiger partial charge is 0.494 e. The zero-order valence-electron chi connectivity index (χ0n) is 38.7. The van der Waals surface area contributed by atoms with E-state index in [1.807, 2.05) is 38.1 Å². The van der Waals surface area contributed by atoms with Crippen LogP contribution in [0.5, 0.6) is 5.75 Å². The van der Waals surface area contributed by atoms with Gasteiger partial charge in [-0.15, -0.1) is 11.3 Å². The van der Waals surface area contributed by atoms with Crippen molar-refractivity contribution in [2.45, 2.75) is 76.7 Å². The summed E-state index contributed by atoms with van der Waals surface area (Å²) in [6.07, 6.45) is 1.37. The summed E-state index contributed by atoms with van der Waals surface area (Å²) < 4.78 is 82.0. The van der Waals surface area contributed by atoms with Gasteiger partial charge >= 0.3 is 0 Å². The van der Waals surface area contributed by atoms with E-state index >= 15 is 8.78 Å². The number of aromatic nitrogens is 4. The summed E-state index contributed by atoms with van der Waals surface area (Å²) in [5.74, 6) is -4.40. The molecular formula is C50H49F3N8O8S2. The molecule has 7 aromatic rings. The second-order valence-electron chi connectivity index (χ2n) is 17.7. The number of aliphatic hydroxyl groups is 1. The van der Waals surface area contributed by atoms with Gasteiger partial charge in [0.15, 0.2) is 5.82 Å². The molecule has 2 saturated heterocycles. The zero-order valence-corrected chi connectivity index (χ0v) is 40.4. The lowest BCUT2D eigenvalue weighted by molar-refractivity contribution is -0.140. The number of nitrogens with one attached hydrogen (secondary N) is 2. The maximum Gasteiger partial charge on any atom is 0.243 e. The van der Waals surface area contributed by atoms with Crippen molar-refractivity contribution in [1.82, 2.24) is 35.3 Å². The molecule has 3 aromatic carbocycles. The molecule has 4 aromatic heterocycles. The molecule has 2 fully saturated rings. The number of hydrogen-bond donors (Lipinski definition) is 4.